The molecule has 0 aromatic heterocycles. The van der Waals surface area contributed by atoms with Crippen LogP contribution < -0.4 is 5.32 Å². The Morgan fingerprint density at radius 1 is 0.769 bits per heavy atom. The van der Waals surface area contributed by atoms with Gasteiger partial charge in [-0.3, -0.25) is 14.5 Å². The maximum Gasteiger partial charge on any atom is 0.236 e. The van der Waals surface area contributed by atoms with Crippen LogP contribution in [0.1, 0.15) is 44.9 Å². The molecule has 3 aliphatic heterocycles. The smallest absolute Gasteiger partial charge is 0.236 e. The Labute approximate surface area is 169 Å². The summed E-state index contributed by atoms with van der Waals surface area (Å²) in [5.41, 5.74) is 0. The zero-order valence-electron chi connectivity index (χ0n) is 15.7. The molecule has 1 N–H and O–H groups in total. The summed E-state index contributed by atoms with van der Waals surface area (Å²) in [5, 5.41) is 3.39. The average Bonchev–Trinajstić information content (AvgIpc) is 2.94. The molecule has 1 unspecified atom stereocenters. The number of nitrogens with one attached hydrogen (secondary N) is 1. The molecule has 0 bridgehead atoms. The van der Waals surface area contributed by atoms with Gasteiger partial charge in [0.25, 0.3) is 0 Å². The van der Waals surface area contributed by atoms with Crippen LogP contribution in [0.3, 0.4) is 0 Å². The number of halogens is 2. The normalized spacial score (nSPS) is 24.4. The van der Waals surface area contributed by atoms with Gasteiger partial charge < -0.3 is 15.1 Å². The third-order valence-electron chi connectivity index (χ3n) is 5.63. The first-order chi connectivity index (χ1) is 11.7. The van der Waals surface area contributed by atoms with E-state index in [0.29, 0.717) is 19.0 Å². The van der Waals surface area contributed by atoms with Crippen molar-refractivity contribution in [1.29, 1.82) is 0 Å². The highest BCUT2D eigenvalue weighted by Crippen LogP contribution is 2.13. The number of rotatable bonds is 4. The summed E-state index contributed by atoms with van der Waals surface area (Å²) in [4.78, 5) is 31.1. The van der Waals surface area contributed by atoms with E-state index in [9.17, 15) is 9.59 Å². The third kappa shape index (κ3) is 6.87. The Hall–Kier alpha value is -0.560. The van der Waals surface area contributed by atoms with Crippen molar-refractivity contribution in [2.75, 3.05) is 52.4 Å². The van der Waals surface area contributed by atoms with Crippen LogP contribution in [-0.2, 0) is 9.59 Å². The van der Waals surface area contributed by atoms with Gasteiger partial charge in [0.1, 0.15) is 0 Å². The largest absolute Gasteiger partial charge is 0.342 e. The molecule has 0 radical (unpaired) electrons. The molecule has 1 atom stereocenters. The van der Waals surface area contributed by atoms with Gasteiger partial charge in [-0.1, -0.05) is 12.8 Å². The second-order valence-electron chi connectivity index (χ2n) is 7.45. The van der Waals surface area contributed by atoms with Crippen molar-refractivity contribution in [1.82, 2.24) is 20.0 Å². The van der Waals surface area contributed by atoms with Crippen LogP contribution in [0.25, 0.3) is 0 Å². The zero-order chi connectivity index (χ0) is 16.8. The van der Waals surface area contributed by atoms with Gasteiger partial charge in [0.2, 0.25) is 11.8 Å². The third-order valence-corrected chi connectivity index (χ3v) is 5.63. The van der Waals surface area contributed by atoms with Crippen molar-refractivity contribution in [3.8, 4) is 0 Å². The van der Waals surface area contributed by atoms with Crippen molar-refractivity contribution < 1.29 is 9.59 Å². The van der Waals surface area contributed by atoms with Gasteiger partial charge in [0.15, 0.2) is 0 Å². The molecule has 3 fully saturated rings. The maximum absolute atomic E-state index is 12.5. The van der Waals surface area contributed by atoms with Crippen LogP contribution in [0.5, 0.6) is 0 Å². The summed E-state index contributed by atoms with van der Waals surface area (Å²) >= 11 is 0. The summed E-state index contributed by atoms with van der Waals surface area (Å²) < 4.78 is 0. The highest BCUT2D eigenvalue weighted by Gasteiger charge is 2.26. The Bertz CT molecular complexity index is 431. The average molecular weight is 409 g/mol. The molecule has 0 aromatic carbocycles. The summed E-state index contributed by atoms with van der Waals surface area (Å²) in [7, 11) is 0. The Morgan fingerprint density at radius 2 is 1.38 bits per heavy atom. The van der Waals surface area contributed by atoms with Gasteiger partial charge in [0, 0.05) is 51.7 Å². The van der Waals surface area contributed by atoms with E-state index >= 15 is 0 Å². The first-order valence-corrected chi connectivity index (χ1v) is 9.73. The lowest BCUT2D eigenvalue weighted by Crippen LogP contribution is -2.52. The topological polar surface area (TPSA) is 55.9 Å². The maximum atomic E-state index is 12.5. The first-order valence-electron chi connectivity index (χ1n) is 9.73. The highest BCUT2D eigenvalue weighted by atomic mass is 35.5. The number of hydrogen-bond donors (Lipinski definition) is 1. The number of nitrogens with zero attached hydrogens (tertiary/aromatic N) is 3. The second-order valence-corrected chi connectivity index (χ2v) is 7.45. The van der Waals surface area contributed by atoms with Crippen LogP contribution in [0.4, 0.5) is 0 Å². The van der Waals surface area contributed by atoms with E-state index in [-0.39, 0.29) is 36.6 Å². The standard InChI is InChI=1S/C18H32N4O2.2ClH/c23-17(14-16-6-5-7-19-16)22-12-10-20(11-13-22)15-18(24)21-8-3-1-2-4-9-21;;/h16,19H,1-15H2;2*1H. The minimum atomic E-state index is 0. The molecule has 2 amide bonds. The van der Waals surface area contributed by atoms with Crippen LogP contribution in [0.2, 0.25) is 0 Å². The quantitative estimate of drug-likeness (QED) is 0.765. The van der Waals surface area contributed by atoms with Gasteiger partial charge in [-0.25, -0.2) is 0 Å². The molecular formula is C18H34Cl2N4O2. The fraction of sp³-hybridized carbons (Fsp3) is 0.889. The van der Waals surface area contributed by atoms with Gasteiger partial charge in [-0.05, 0) is 32.2 Å². The Morgan fingerprint density at radius 3 is 1.96 bits per heavy atom. The number of likely N-dealkylation sites (tertiary alicyclic amines) is 1. The van der Waals surface area contributed by atoms with E-state index in [1.54, 1.807) is 0 Å². The predicted octanol–water partition coefficient (Wildman–Crippen LogP) is 1.52. The predicted molar refractivity (Wildman–Crippen MR) is 108 cm³/mol. The van der Waals surface area contributed by atoms with Crippen LogP contribution in [0, 0.1) is 0 Å². The van der Waals surface area contributed by atoms with Gasteiger partial charge in [0.05, 0.1) is 6.54 Å². The van der Waals surface area contributed by atoms with E-state index in [4.69, 9.17) is 0 Å². The molecule has 0 spiro atoms. The number of piperazine rings is 1. The number of hydrogen-bond acceptors (Lipinski definition) is 4. The lowest BCUT2D eigenvalue weighted by Gasteiger charge is -2.35. The summed E-state index contributed by atoms with van der Waals surface area (Å²) in [6.45, 7) is 6.58. The molecule has 26 heavy (non-hydrogen) atoms. The van der Waals surface area contributed by atoms with E-state index in [0.717, 1.165) is 65.1 Å². The summed E-state index contributed by atoms with van der Waals surface area (Å²) in [6.07, 6.45) is 7.72. The molecule has 8 heteroatoms. The Kier molecular flexibility index (Phi) is 10.8. The summed E-state index contributed by atoms with van der Waals surface area (Å²) in [5.74, 6) is 0.541. The van der Waals surface area contributed by atoms with Gasteiger partial charge in [-0.2, -0.15) is 0 Å². The van der Waals surface area contributed by atoms with Crippen LogP contribution >= 0.6 is 24.8 Å². The number of carbonyl (C=O) groups is 2. The molecule has 0 aliphatic carbocycles. The Balaban J connectivity index is 0.00000169. The number of carbonyl (C=O) groups excluding carboxylic acids is 2. The molecular weight excluding hydrogens is 375 g/mol. The molecule has 152 valence electrons. The van der Waals surface area contributed by atoms with E-state index in [1.165, 1.54) is 19.3 Å². The molecule has 3 aliphatic rings. The lowest BCUT2D eigenvalue weighted by molar-refractivity contribution is -0.135. The zero-order valence-corrected chi connectivity index (χ0v) is 17.3. The molecule has 3 heterocycles. The van der Waals surface area contributed by atoms with Crippen LogP contribution in [-0.4, -0.2) is 84.9 Å². The van der Waals surface area contributed by atoms with E-state index in [1.807, 2.05) is 9.80 Å². The van der Waals surface area contributed by atoms with Crippen LogP contribution in [0.15, 0.2) is 0 Å². The van der Waals surface area contributed by atoms with Crippen molar-refractivity contribution in [3.05, 3.63) is 0 Å². The fourth-order valence-electron chi connectivity index (χ4n) is 4.04. The highest BCUT2D eigenvalue weighted by molar-refractivity contribution is 5.85. The minimum absolute atomic E-state index is 0. The molecule has 0 saturated carbocycles. The van der Waals surface area contributed by atoms with E-state index < -0.39 is 0 Å². The molecule has 3 saturated heterocycles. The van der Waals surface area contributed by atoms with Crippen molar-refractivity contribution in [2.45, 2.75) is 51.0 Å². The monoisotopic (exact) mass is 408 g/mol. The SMILES string of the molecule is Cl.Cl.O=C(CC1CCCN1)N1CCN(CC(=O)N2CCCCCC2)CC1. The minimum Gasteiger partial charge on any atom is -0.342 e. The number of amides is 2. The first kappa shape index (κ1) is 23.5. The van der Waals surface area contributed by atoms with Gasteiger partial charge in [-0.15, -0.1) is 24.8 Å². The van der Waals surface area contributed by atoms with Crippen molar-refractivity contribution in [3.63, 3.8) is 0 Å². The fourth-order valence-corrected chi connectivity index (χ4v) is 4.04. The van der Waals surface area contributed by atoms with Crippen molar-refractivity contribution in [2.24, 2.45) is 0 Å². The van der Waals surface area contributed by atoms with E-state index in [2.05, 4.69) is 10.2 Å². The molecule has 6 nitrogen and oxygen atoms in total. The second kappa shape index (κ2) is 12.0. The summed E-state index contributed by atoms with van der Waals surface area (Å²) in [6, 6.07) is 0.375. The lowest BCUT2D eigenvalue weighted by atomic mass is 10.1. The van der Waals surface area contributed by atoms with Crippen molar-refractivity contribution >= 4 is 36.6 Å². The molecule has 3 rings (SSSR count). The molecule has 0 aromatic rings. The van der Waals surface area contributed by atoms with Gasteiger partial charge >= 0.3 is 0 Å².